The van der Waals surface area contributed by atoms with Crippen LogP contribution in [0.25, 0.3) is 0 Å². The van der Waals surface area contributed by atoms with E-state index in [2.05, 4.69) is 59.3 Å². The zero-order valence-corrected chi connectivity index (χ0v) is 14.9. The van der Waals surface area contributed by atoms with Gasteiger partial charge in [0.2, 0.25) is 5.91 Å². The van der Waals surface area contributed by atoms with E-state index in [0.717, 1.165) is 25.2 Å². The number of nitrogens with zero attached hydrogens (tertiary/aromatic N) is 2. The SMILES string of the molecule is CN1CCN(C(=O)Cc2ccc3c(c2)CCC3)[C@H](c2ccccc2)C1. The Morgan fingerprint density at radius 3 is 2.68 bits per heavy atom. The molecule has 3 heteroatoms. The van der Waals surface area contributed by atoms with Crippen molar-refractivity contribution < 1.29 is 4.79 Å². The second-order valence-corrected chi connectivity index (χ2v) is 7.41. The summed E-state index contributed by atoms with van der Waals surface area (Å²) < 4.78 is 0. The highest BCUT2D eigenvalue weighted by Gasteiger charge is 2.30. The molecule has 3 nitrogen and oxygen atoms in total. The highest BCUT2D eigenvalue weighted by molar-refractivity contribution is 5.79. The van der Waals surface area contributed by atoms with Crippen molar-refractivity contribution in [3.05, 3.63) is 70.8 Å². The molecular formula is C22H26N2O. The van der Waals surface area contributed by atoms with Crippen molar-refractivity contribution in [2.45, 2.75) is 31.7 Å². The Morgan fingerprint density at radius 2 is 1.84 bits per heavy atom. The van der Waals surface area contributed by atoms with E-state index in [1.807, 2.05) is 6.07 Å². The molecule has 2 aliphatic rings. The second kappa shape index (κ2) is 7.01. The van der Waals surface area contributed by atoms with Gasteiger partial charge in [0.05, 0.1) is 12.5 Å². The van der Waals surface area contributed by atoms with Crippen molar-refractivity contribution >= 4 is 5.91 Å². The molecule has 2 aromatic carbocycles. The zero-order chi connectivity index (χ0) is 17.2. The molecule has 4 rings (SSSR count). The van der Waals surface area contributed by atoms with E-state index in [0.29, 0.717) is 6.42 Å². The Labute approximate surface area is 150 Å². The minimum absolute atomic E-state index is 0.155. The van der Waals surface area contributed by atoms with Crippen LogP contribution in [0.15, 0.2) is 48.5 Å². The number of amides is 1. The molecule has 1 fully saturated rings. The normalized spacial score (nSPS) is 20.5. The first-order chi connectivity index (χ1) is 12.2. The number of rotatable bonds is 3. The maximum absolute atomic E-state index is 13.1. The van der Waals surface area contributed by atoms with E-state index in [9.17, 15) is 4.79 Å². The Morgan fingerprint density at radius 1 is 1.04 bits per heavy atom. The highest BCUT2D eigenvalue weighted by atomic mass is 16.2. The van der Waals surface area contributed by atoms with E-state index in [1.165, 1.54) is 36.0 Å². The number of fused-ring (bicyclic) bond motifs is 1. The van der Waals surface area contributed by atoms with Crippen molar-refractivity contribution in [3.8, 4) is 0 Å². The number of carbonyl (C=O) groups excluding carboxylic acids is 1. The van der Waals surface area contributed by atoms with Crippen LogP contribution in [-0.2, 0) is 24.1 Å². The molecule has 0 aromatic heterocycles. The average Bonchev–Trinajstić information content (AvgIpc) is 3.10. The predicted molar refractivity (Wildman–Crippen MR) is 101 cm³/mol. The van der Waals surface area contributed by atoms with Crippen molar-refractivity contribution in [2.24, 2.45) is 0 Å². The van der Waals surface area contributed by atoms with E-state index in [1.54, 1.807) is 0 Å². The van der Waals surface area contributed by atoms with Gasteiger partial charge in [0.15, 0.2) is 0 Å². The minimum atomic E-state index is 0.155. The molecule has 0 bridgehead atoms. The summed E-state index contributed by atoms with van der Waals surface area (Å²) in [5.74, 6) is 0.250. The van der Waals surface area contributed by atoms with Gasteiger partial charge in [0.25, 0.3) is 0 Å². The minimum Gasteiger partial charge on any atom is -0.333 e. The van der Waals surface area contributed by atoms with Gasteiger partial charge in [-0.2, -0.15) is 0 Å². The maximum Gasteiger partial charge on any atom is 0.227 e. The molecular weight excluding hydrogens is 308 g/mol. The third-order valence-corrected chi connectivity index (χ3v) is 5.61. The van der Waals surface area contributed by atoms with Crippen molar-refractivity contribution in [2.75, 3.05) is 26.7 Å². The lowest BCUT2D eigenvalue weighted by molar-refractivity contribution is -0.135. The smallest absolute Gasteiger partial charge is 0.227 e. The first-order valence-corrected chi connectivity index (χ1v) is 9.34. The van der Waals surface area contributed by atoms with E-state index in [-0.39, 0.29) is 11.9 Å². The topological polar surface area (TPSA) is 23.6 Å². The molecule has 1 atom stereocenters. The number of hydrogen-bond acceptors (Lipinski definition) is 2. The van der Waals surface area contributed by atoms with Gasteiger partial charge in [0.1, 0.15) is 0 Å². The first kappa shape index (κ1) is 16.3. The van der Waals surface area contributed by atoms with Gasteiger partial charge < -0.3 is 9.80 Å². The summed E-state index contributed by atoms with van der Waals surface area (Å²) in [4.78, 5) is 17.5. The molecule has 25 heavy (non-hydrogen) atoms. The zero-order valence-electron chi connectivity index (χ0n) is 14.9. The van der Waals surface area contributed by atoms with Crippen LogP contribution in [0.2, 0.25) is 0 Å². The molecule has 0 saturated carbocycles. The van der Waals surface area contributed by atoms with Gasteiger partial charge in [0, 0.05) is 19.6 Å². The molecule has 0 unspecified atom stereocenters. The number of aryl methyl sites for hydroxylation is 2. The summed E-state index contributed by atoms with van der Waals surface area (Å²) in [6, 6.07) is 17.2. The molecule has 0 spiro atoms. The van der Waals surface area contributed by atoms with Crippen LogP contribution in [0.4, 0.5) is 0 Å². The summed E-state index contributed by atoms with van der Waals surface area (Å²) in [5.41, 5.74) is 5.31. The molecule has 1 aliphatic carbocycles. The lowest BCUT2D eigenvalue weighted by Gasteiger charge is -2.40. The number of carbonyl (C=O) groups is 1. The van der Waals surface area contributed by atoms with Gasteiger partial charge in [-0.15, -0.1) is 0 Å². The monoisotopic (exact) mass is 334 g/mol. The quantitative estimate of drug-likeness (QED) is 0.860. The third kappa shape index (κ3) is 3.47. The molecule has 0 radical (unpaired) electrons. The Balaban J connectivity index is 1.53. The lowest BCUT2D eigenvalue weighted by Crippen LogP contribution is -2.49. The van der Waals surface area contributed by atoms with Crippen LogP contribution < -0.4 is 0 Å². The molecule has 1 amide bonds. The van der Waals surface area contributed by atoms with Crippen LogP contribution in [0.5, 0.6) is 0 Å². The summed E-state index contributed by atoms with van der Waals surface area (Å²) in [5, 5.41) is 0. The standard InChI is InChI=1S/C22H26N2O/c1-23-12-13-24(21(16-23)19-6-3-2-4-7-19)22(25)15-17-10-11-18-8-5-9-20(18)14-17/h2-4,6-7,10-11,14,21H,5,8-9,12-13,15-16H2,1H3/t21-/m0/s1. The molecule has 0 N–H and O–H groups in total. The Hall–Kier alpha value is -2.13. The largest absolute Gasteiger partial charge is 0.333 e. The predicted octanol–water partition coefficient (Wildman–Crippen LogP) is 3.23. The van der Waals surface area contributed by atoms with Gasteiger partial charge >= 0.3 is 0 Å². The summed E-state index contributed by atoms with van der Waals surface area (Å²) in [6.07, 6.45) is 4.12. The fourth-order valence-electron chi connectivity index (χ4n) is 4.19. The van der Waals surface area contributed by atoms with Gasteiger partial charge in [-0.3, -0.25) is 4.79 Å². The van der Waals surface area contributed by atoms with E-state index < -0.39 is 0 Å². The van der Waals surface area contributed by atoms with Crippen molar-refractivity contribution in [1.29, 1.82) is 0 Å². The second-order valence-electron chi connectivity index (χ2n) is 7.41. The molecule has 1 saturated heterocycles. The van der Waals surface area contributed by atoms with Crippen LogP contribution >= 0.6 is 0 Å². The molecule has 1 aliphatic heterocycles. The third-order valence-electron chi connectivity index (χ3n) is 5.61. The number of benzene rings is 2. The maximum atomic E-state index is 13.1. The fraction of sp³-hybridized carbons (Fsp3) is 0.409. The molecule has 130 valence electrons. The van der Waals surface area contributed by atoms with Crippen LogP contribution in [0.1, 0.15) is 34.7 Å². The molecule has 2 aromatic rings. The average molecular weight is 334 g/mol. The van der Waals surface area contributed by atoms with Crippen LogP contribution in [0.3, 0.4) is 0 Å². The van der Waals surface area contributed by atoms with Crippen LogP contribution in [0, 0.1) is 0 Å². The fourth-order valence-corrected chi connectivity index (χ4v) is 4.19. The van der Waals surface area contributed by atoms with E-state index in [4.69, 9.17) is 0 Å². The van der Waals surface area contributed by atoms with Crippen LogP contribution in [-0.4, -0.2) is 42.4 Å². The summed E-state index contributed by atoms with van der Waals surface area (Å²) in [6.45, 7) is 2.65. The lowest BCUT2D eigenvalue weighted by atomic mass is 10.00. The highest BCUT2D eigenvalue weighted by Crippen LogP contribution is 2.27. The van der Waals surface area contributed by atoms with Crippen molar-refractivity contribution in [1.82, 2.24) is 9.80 Å². The number of likely N-dealkylation sites (N-methyl/N-ethyl adjacent to an activating group) is 1. The number of hydrogen-bond donors (Lipinski definition) is 0. The summed E-state index contributed by atoms with van der Waals surface area (Å²) >= 11 is 0. The summed E-state index contributed by atoms with van der Waals surface area (Å²) in [7, 11) is 2.14. The Kier molecular flexibility index (Phi) is 4.58. The van der Waals surface area contributed by atoms with Gasteiger partial charge in [-0.25, -0.2) is 0 Å². The van der Waals surface area contributed by atoms with Gasteiger partial charge in [-0.1, -0.05) is 48.5 Å². The number of piperazine rings is 1. The van der Waals surface area contributed by atoms with E-state index >= 15 is 0 Å². The van der Waals surface area contributed by atoms with Crippen molar-refractivity contribution in [3.63, 3.8) is 0 Å². The van der Waals surface area contributed by atoms with Gasteiger partial charge in [-0.05, 0) is 48.6 Å². The molecule has 1 heterocycles. The Bertz CT molecular complexity index is 756. The first-order valence-electron chi connectivity index (χ1n) is 9.34.